The molecule has 1 N–H and O–H groups in total. The van der Waals surface area contributed by atoms with Gasteiger partial charge in [0.15, 0.2) is 0 Å². The summed E-state index contributed by atoms with van der Waals surface area (Å²) in [6.07, 6.45) is 3.77. The first-order chi connectivity index (χ1) is 9.39. The van der Waals surface area contributed by atoms with Crippen molar-refractivity contribution >= 4 is 23.4 Å². The molecule has 4 atom stereocenters. The van der Waals surface area contributed by atoms with Crippen molar-refractivity contribution in [3.05, 3.63) is 0 Å². The average molecular weight is 303 g/mol. The molecule has 5 heteroatoms. The van der Waals surface area contributed by atoms with Crippen molar-refractivity contribution < 1.29 is 19.4 Å². The van der Waals surface area contributed by atoms with Crippen molar-refractivity contribution in [3.8, 4) is 0 Å². The van der Waals surface area contributed by atoms with Crippen LogP contribution >= 0.6 is 11.6 Å². The summed E-state index contributed by atoms with van der Waals surface area (Å²) in [4.78, 5) is 24.5. The number of ketones is 1. The van der Waals surface area contributed by atoms with E-state index in [0.717, 1.165) is 12.8 Å². The van der Waals surface area contributed by atoms with Gasteiger partial charge in [0.2, 0.25) is 0 Å². The topological polar surface area (TPSA) is 63.6 Å². The van der Waals surface area contributed by atoms with Gasteiger partial charge in [0.1, 0.15) is 5.78 Å². The number of rotatable bonds is 3. The lowest BCUT2D eigenvalue weighted by molar-refractivity contribution is -0.205. The van der Waals surface area contributed by atoms with Gasteiger partial charge in [0.05, 0.1) is 23.5 Å². The van der Waals surface area contributed by atoms with E-state index in [-0.39, 0.29) is 18.4 Å². The smallest absolute Gasteiger partial charge is 0.315 e. The first-order valence-corrected chi connectivity index (χ1v) is 7.87. The molecule has 0 saturated heterocycles. The van der Waals surface area contributed by atoms with Gasteiger partial charge in [-0.3, -0.25) is 9.59 Å². The molecule has 0 aromatic heterocycles. The van der Waals surface area contributed by atoms with Gasteiger partial charge in [-0.05, 0) is 39.5 Å². The van der Waals surface area contributed by atoms with Gasteiger partial charge in [-0.1, -0.05) is 12.8 Å². The van der Waals surface area contributed by atoms with Gasteiger partial charge in [-0.15, -0.1) is 11.6 Å². The molecule has 1 unspecified atom stereocenters. The van der Waals surface area contributed by atoms with E-state index in [4.69, 9.17) is 16.3 Å². The molecule has 0 amide bonds. The van der Waals surface area contributed by atoms with Crippen LogP contribution < -0.4 is 0 Å². The first kappa shape index (κ1) is 15.8. The normalized spacial score (nSPS) is 40.8. The van der Waals surface area contributed by atoms with Crippen LogP contribution in [0.25, 0.3) is 0 Å². The summed E-state index contributed by atoms with van der Waals surface area (Å²) in [5, 5.41) is 10.8. The van der Waals surface area contributed by atoms with Crippen molar-refractivity contribution in [2.24, 2.45) is 11.3 Å². The van der Waals surface area contributed by atoms with Crippen molar-refractivity contribution in [1.29, 1.82) is 0 Å². The molecule has 0 spiro atoms. The van der Waals surface area contributed by atoms with Crippen molar-refractivity contribution in [1.82, 2.24) is 0 Å². The van der Waals surface area contributed by atoms with E-state index in [9.17, 15) is 14.7 Å². The summed E-state index contributed by atoms with van der Waals surface area (Å²) in [6, 6.07) is 0. The lowest BCUT2D eigenvalue weighted by Crippen LogP contribution is -2.65. The Balaban J connectivity index is 2.46. The predicted octanol–water partition coefficient (Wildman–Crippen LogP) is 2.45. The highest BCUT2D eigenvalue weighted by Gasteiger charge is 2.65. The lowest BCUT2D eigenvalue weighted by atomic mass is 9.52. The van der Waals surface area contributed by atoms with Crippen LogP contribution in [-0.4, -0.2) is 34.4 Å². The summed E-state index contributed by atoms with van der Waals surface area (Å²) in [5.41, 5.74) is -2.31. The Morgan fingerprint density at radius 2 is 1.95 bits per heavy atom. The Kier molecular flexibility index (Phi) is 4.45. The fraction of sp³-hybridized carbons (Fsp3) is 0.867. The third-order valence-electron chi connectivity index (χ3n) is 5.07. The molecule has 0 heterocycles. The number of carbonyl (C=O) groups is 2. The molecule has 0 aromatic carbocycles. The summed E-state index contributed by atoms with van der Waals surface area (Å²) >= 11 is 6.30. The largest absolute Gasteiger partial charge is 0.465 e. The fourth-order valence-electron chi connectivity index (χ4n) is 4.16. The summed E-state index contributed by atoms with van der Waals surface area (Å²) in [6.45, 7) is 3.49. The minimum atomic E-state index is -1.35. The number of Topliss-reactive ketones (excluding diaryl/α,β-unsaturated/α-hetero) is 1. The number of esters is 1. The highest BCUT2D eigenvalue weighted by molar-refractivity contribution is 6.22. The zero-order chi connectivity index (χ0) is 15.0. The standard InChI is InChI=1S/C15H23ClO4/c1-3-20-13(18)14-7-4-5-8-15(14,19)12(10(2)17)11(16)6-9-14/h11-12,19H,3-9H2,1-2H3/t11-,12+,14?,15+/m1/s1. The Labute approximate surface area is 124 Å². The maximum atomic E-state index is 12.5. The van der Waals surface area contributed by atoms with E-state index >= 15 is 0 Å². The molecule has 4 nitrogen and oxygen atoms in total. The Morgan fingerprint density at radius 3 is 2.55 bits per heavy atom. The second-order valence-electron chi connectivity index (χ2n) is 6.08. The van der Waals surface area contributed by atoms with Crippen LogP contribution in [0.1, 0.15) is 52.4 Å². The van der Waals surface area contributed by atoms with Crippen LogP contribution in [0, 0.1) is 11.3 Å². The minimum absolute atomic E-state index is 0.136. The Bertz CT molecular complexity index is 411. The molecular weight excluding hydrogens is 280 g/mol. The number of hydrogen-bond acceptors (Lipinski definition) is 4. The van der Waals surface area contributed by atoms with E-state index < -0.39 is 22.3 Å². The number of aliphatic hydroxyl groups is 1. The molecule has 2 saturated carbocycles. The van der Waals surface area contributed by atoms with Crippen LogP contribution in [0.4, 0.5) is 0 Å². The van der Waals surface area contributed by atoms with E-state index in [2.05, 4.69) is 0 Å². The lowest BCUT2D eigenvalue weighted by Gasteiger charge is -2.56. The third kappa shape index (κ3) is 2.17. The quantitative estimate of drug-likeness (QED) is 0.642. The molecule has 2 aliphatic rings. The summed E-state index contributed by atoms with van der Waals surface area (Å²) < 4.78 is 5.22. The molecule has 0 radical (unpaired) electrons. The molecule has 2 rings (SSSR count). The van der Waals surface area contributed by atoms with Gasteiger partial charge >= 0.3 is 5.97 Å². The van der Waals surface area contributed by atoms with Gasteiger partial charge < -0.3 is 9.84 Å². The molecular formula is C15H23ClO4. The van der Waals surface area contributed by atoms with E-state index in [1.54, 1.807) is 6.92 Å². The predicted molar refractivity (Wildman–Crippen MR) is 75.5 cm³/mol. The number of hydrogen-bond donors (Lipinski definition) is 1. The second kappa shape index (κ2) is 5.64. The van der Waals surface area contributed by atoms with E-state index in [1.807, 2.05) is 0 Å². The summed E-state index contributed by atoms with van der Waals surface area (Å²) in [7, 11) is 0. The van der Waals surface area contributed by atoms with Crippen molar-refractivity contribution in [3.63, 3.8) is 0 Å². The Morgan fingerprint density at radius 1 is 1.30 bits per heavy atom. The van der Waals surface area contributed by atoms with Gasteiger partial charge in [0.25, 0.3) is 0 Å². The number of halogens is 1. The van der Waals surface area contributed by atoms with Crippen molar-refractivity contribution in [2.75, 3.05) is 6.61 Å². The van der Waals surface area contributed by atoms with Crippen molar-refractivity contribution in [2.45, 2.75) is 63.4 Å². The number of carbonyl (C=O) groups excluding carboxylic acids is 2. The monoisotopic (exact) mass is 302 g/mol. The maximum absolute atomic E-state index is 12.5. The molecule has 114 valence electrons. The molecule has 2 aliphatic carbocycles. The molecule has 0 aliphatic heterocycles. The summed E-state index contributed by atoms with van der Waals surface area (Å²) in [5.74, 6) is -1.18. The van der Waals surface area contributed by atoms with Gasteiger partial charge in [0, 0.05) is 5.38 Å². The van der Waals surface area contributed by atoms with Crippen LogP contribution in [0.3, 0.4) is 0 Å². The molecule has 0 bridgehead atoms. The van der Waals surface area contributed by atoms with E-state index in [1.165, 1.54) is 6.92 Å². The molecule has 2 fully saturated rings. The number of fused-ring (bicyclic) bond motifs is 1. The zero-order valence-electron chi connectivity index (χ0n) is 12.2. The first-order valence-electron chi connectivity index (χ1n) is 7.43. The van der Waals surface area contributed by atoms with Gasteiger partial charge in [-0.25, -0.2) is 0 Å². The SMILES string of the molecule is CCOC(=O)C12CCCC[C@]1(O)[C@@H](C(C)=O)[C@H](Cl)CC2. The van der Waals surface area contributed by atoms with Crippen LogP contribution in [0.2, 0.25) is 0 Å². The minimum Gasteiger partial charge on any atom is -0.465 e. The average Bonchev–Trinajstić information content (AvgIpc) is 2.37. The number of ether oxygens (including phenoxy) is 1. The maximum Gasteiger partial charge on any atom is 0.315 e. The van der Waals surface area contributed by atoms with Crippen LogP contribution in [0.5, 0.6) is 0 Å². The molecule has 0 aromatic rings. The third-order valence-corrected chi connectivity index (χ3v) is 5.54. The second-order valence-corrected chi connectivity index (χ2v) is 6.64. The highest BCUT2D eigenvalue weighted by atomic mass is 35.5. The van der Waals surface area contributed by atoms with Crippen LogP contribution in [-0.2, 0) is 14.3 Å². The fourth-order valence-corrected chi connectivity index (χ4v) is 4.66. The highest BCUT2D eigenvalue weighted by Crippen LogP contribution is 2.57. The molecule has 20 heavy (non-hydrogen) atoms. The Hall–Kier alpha value is -0.610. The number of alkyl halides is 1. The van der Waals surface area contributed by atoms with Crippen LogP contribution in [0.15, 0.2) is 0 Å². The zero-order valence-corrected chi connectivity index (χ0v) is 12.9. The van der Waals surface area contributed by atoms with Gasteiger partial charge in [-0.2, -0.15) is 0 Å². The van der Waals surface area contributed by atoms with E-state index in [0.29, 0.717) is 25.7 Å².